The number of amidine groups is 1. The van der Waals surface area contributed by atoms with E-state index in [1.807, 2.05) is 49.0 Å². The third kappa shape index (κ3) is 5.45. The number of aliphatic hydroxyl groups is 1. The van der Waals surface area contributed by atoms with Gasteiger partial charge in [0.2, 0.25) is 5.88 Å². The molecule has 4 heterocycles. The predicted molar refractivity (Wildman–Crippen MR) is 158 cm³/mol. The lowest BCUT2D eigenvalue weighted by molar-refractivity contribution is -0.126. The van der Waals surface area contributed by atoms with Gasteiger partial charge in [-0.3, -0.25) is 19.4 Å². The van der Waals surface area contributed by atoms with Crippen molar-refractivity contribution in [2.24, 2.45) is 10.9 Å². The van der Waals surface area contributed by atoms with Gasteiger partial charge in [-0.2, -0.15) is 5.10 Å². The van der Waals surface area contributed by atoms with E-state index in [2.05, 4.69) is 25.4 Å². The van der Waals surface area contributed by atoms with Crippen LogP contribution >= 0.6 is 0 Å². The van der Waals surface area contributed by atoms with E-state index in [1.54, 1.807) is 4.90 Å². The SMILES string of the molecule is C=C1N=C(c2ccn(CC(C)C)n2)N(c2c(CC)cccc2CC)C(O)=C1C(=O)N1CCC(c2ncc(F)cc2F)C1. The molecule has 2 aliphatic rings. The first-order chi connectivity index (χ1) is 20.1. The Balaban J connectivity index is 1.56. The van der Waals surface area contributed by atoms with Crippen LogP contribution in [0.1, 0.15) is 62.5 Å². The molecule has 1 fully saturated rings. The lowest BCUT2D eigenvalue weighted by atomic mass is 10.00. The van der Waals surface area contributed by atoms with Crippen molar-refractivity contribution in [3.8, 4) is 0 Å². The van der Waals surface area contributed by atoms with E-state index in [1.165, 1.54) is 4.90 Å². The molecule has 8 nitrogen and oxygen atoms in total. The van der Waals surface area contributed by atoms with Crippen molar-refractivity contribution in [2.75, 3.05) is 18.0 Å². The van der Waals surface area contributed by atoms with Crippen molar-refractivity contribution in [3.05, 3.63) is 101 Å². The highest BCUT2D eigenvalue weighted by Gasteiger charge is 2.39. The number of anilines is 1. The molecule has 10 heteroatoms. The Bertz CT molecular complexity index is 1570. The van der Waals surface area contributed by atoms with Gasteiger partial charge in [0, 0.05) is 37.8 Å². The third-order valence-corrected chi connectivity index (χ3v) is 7.70. The maximum Gasteiger partial charge on any atom is 0.261 e. The zero-order chi connectivity index (χ0) is 30.1. The van der Waals surface area contributed by atoms with E-state index >= 15 is 0 Å². The van der Waals surface area contributed by atoms with Gasteiger partial charge in [0.05, 0.1) is 23.3 Å². The Hall–Kier alpha value is -4.34. The number of hydrogen-bond acceptors (Lipinski definition) is 6. The van der Waals surface area contributed by atoms with Crippen molar-refractivity contribution < 1.29 is 18.7 Å². The van der Waals surface area contributed by atoms with Crippen LogP contribution in [0.4, 0.5) is 14.5 Å². The maximum atomic E-state index is 14.5. The minimum atomic E-state index is -0.752. The number of carbonyl (C=O) groups excluding carboxylic acids is 1. The summed E-state index contributed by atoms with van der Waals surface area (Å²) in [5, 5.41) is 16.7. The van der Waals surface area contributed by atoms with Crippen LogP contribution in [0.5, 0.6) is 0 Å². The van der Waals surface area contributed by atoms with Crippen molar-refractivity contribution in [2.45, 2.75) is 59.4 Å². The molecular weight excluding hydrogens is 538 g/mol. The van der Waals surface area contributed by atoms with Gasteiger partial charge in [0.15, 0.2) is 5.84 Å². The van der Waals surface area contributed by atoms with Gasteiger partial charge in [0.1, 0.15) is 22.9 Å². The number of aliphatic imine (C=N–C) groups is 1. The minimum absolute atomic E-state index is 0.0264. The fraction of sp³-hybridized carbons (Fsp3) is 0.375. The second kappa shape index (κ2) is 11.9. The largest absolute Gasteiger partial charge is 0.494 e. The summed E-state index contributed by atoms with van der Waals surface area (Å²) < 4.78 is 29.7. The van der Waals surface area contributed by atoms with Gasteiger partial charge < -0.3 is 10.0 Å². The zero-order valence-electron chi connectivity index (χ0n) is 24.4. The number of hydrogen-bond donors (Lipinski definition) is 1. The molecule has 0 spiro atoms. The fourth-order valence-corrected chi connectivity index (χ4v) is 5.69. The van der Waals surface area contributed by atoms with Crippen molar-refractivity contribution in [3.63, 3.8) is 0 Å². The number of rotatable bonds is 8. The number of carbonyl (C=O) groups is 1. The van der Waals surface area contributed by atoms with Crippen LogP contribution in [0.3, 0.4) is 0 Å². The molecule has 1 amide bonds. The lowest BCUT2D eigenvalue weighted by Crippen LogP contribution is -2.40. The Morgan fingerprint density at radius 1 is 1.17 bits per heavy atom. The Morgan fingerprint density at radius 2 is 1.88 bits per heavy atom. The maximum absolute atomic E-state index is 14.5. The van der Waals surface area contributed by atoms with Crippen LogP contribution < -0.4 is 4.90 Å². The number of para-hydroxylation sites is 1. The Morgan fingerprint density at radius 3 is 2.52 bits per heavy atom. The van der Waals surface area contributed by atoms with Crippen LogP contribution in [0.2, 0.25) is 0 Å². The number of halogens is 2. The molecule has 0 bridgehead atoms. The zero-order valence-corrected chi connectivity index (χ0v) is 24.4. The topological polar surface area (TPSA) is 86.8 Å². The molecule has 1 unspecified atom stereocenters. The van der Waals surface area contributed by atoms with Crippen LogP contribution in [0.15, 0.2) is 71.5 Å². The molecule has 3 aromatic rings. The number of aryl methyl sites for hydroxylation is 2. The van der Waals surface area contributed by atoms with Gasteiger partial charge in [-0.1, -0.05) is 52.5 Å². The van der Waals surface area contributed by atoms with Crippen LogP contribution in [0, 0.1) is 17.6 Å². The molecule has 220 valence electrons. The van der Waals surface area contributed by atoms with E-state index in [0.717, 1.165) is 29.1 Å². The van der Waals surface area contributed by atoms with Gasteiger partial charge in [-0.25, -0.2) is 13.8 Å². The number of amides is 1. The summed E-state index contributed by atoms with van der Waals surface area (Å²) in [6.45, 7) is 13.5. The summed E-state index contributed by atoms with van der Waals surface area (Å²) in [6.07, 6.45) is 4.69. The van der Waals surface area contributed by atoms with E-state index in [9.17, 15) is 18.7 Å². The van der Waals surface area contributed by atoms with E-state index < -0.39 is 23.5 Å². The molecule has 0 radical (unpaired) electrons. The molecule has 1 aromatic carbocycles. The van der Waals surface area contributed by atoms with Gasteiger partial charge in [-0.15, -0.1) is 0 Å². The first-order valence-electron chi connectivity index (χ1n) is 14.4. The predicted octanol–water partition coefficient (Wildman–Crippen LogP) is 5.90. The summed E-state index contributed by atoms with van der Waals surface area (Å²) in [6, 6.07) is 8.63. The van der Waals surface area contributed by atoms with Gasteiger partial charge in [0.25, 0.3) is 5.91 Å². The molecule has 1 atom stereocenters. The highest BCUT2D eigenvalue weighted by atomic mass is 19.1. The number of benzene rings is 1. The van der Waals surface area contributed by atoms with Gasteiger partial charge >= 0.3 is 0 Å². The van der Waals surface area contributed by atoms with Crippen molar-refractivity contribution in [1.29, 1.82) is 0 Å². The Labute approximate surface area is 244 Å². The Kier molecular flexibility index (Phi) is 8.24. The molecule has 2 aliphatic heterocycles. The average Bonchev–Trinajstić information content (AvgIpc) is 3.62. The molecular formula is C32H36F2N6O2. The summed E-state index contributed by atoms with van der Waals surface area (Å²) >= 11 is 0. The molecule has 0 aliphatic carbocycles. The molecule has 1 saturated heterocycles. The normalized spacial score (nSPS) is 17.5. The second-order valence-corrected chi connectivity index (χ2v) is 11.1. The van der Waals surface area contributed by atoms with Crippen molar-refractivity contribution >= 4 is 17.4 Å². The molecule has 2 aromatic heterocycles. The first-order valence-corrected chi connectivity index (χ1v) is 14.4. The lowest BCUT2D eigenvalue weighted by Gasteiger charge is -2.33. The summed E-state index contributed by atoms with van der Waals surface area (Å²) in [5.41, 5.74) is 3.47. The third-order valence-electron chi connectivity index (χ3n) is 7.70. The number of pyridine rings is 1. The fourth-order valence-electron chi connectivity index (χ4n) is 5.69. The van der Waals surface area contributed by atoms with E-state index in [0.29, 0.717) is 49.8 Å². The molecule has 5 rings (SSSR count). The number of nitrogens with zero attached hydrogens (tertiary/aromatic N) is 6. The molecule has 42 heavy (non-hydrogen) atoms. The highest BCUT2D eigenvalue weighted by molar-refractivity contribution is 6.15. The molecule has 1 N–H and O–H groups in total. The van der Waals surface area contributed by atoms with Crippen LogP contribution in [0.25, 0.3) is 0 Å². The van der Waals surface area contributed by atoms with Crippen LogP contribution in [-0.2, 0) is 24.2 Å². The van der Waals surface area contributed by atoms with Crippen molar-refractivity contribution in [1.82, 2.24) is 19.7 Å². The monoisotopic (exact) mass is 574 g/mol. The number of aromatic nitrogens is 3. The standard InChI is InChI=1S/C32H36F2N6O2/c1-6-21-9-8-10-22(7-2)29(21)40-30(26-12-14-39(37-26)17-19(3)4)36-20(5)27(32(40)42)31(41)38-13-11-23(18-38)28-25(34)15-24(33)16-35-28/h8-10,12,14-16,19,23,42H,5-7,11,13,17-18H2,1-4H3. The average molecular weight is 575 g/mol. The van der Waals surface area contributed by atoms with Gasteiger partial charge in [-0.05, 0) is 42.4 Å². The minimum Gasteiger partial charge on any atom is -0.494 e. The quantitative estimate of drug-likeness (QED) is 0.362. The van der Waals surface area contributed by atoms with Crippen LogP contribution in [-0.4, -0.2) is 49.6 Å². The van der Waals surface area contributed by atoms with E-state index in [-0.39, 0.29) is 29.4 Å². The highest BCUT2D eigenvalue weighted by Crippen LogP contribution is 2.37. The summed E-state index contributed by atoms with van der Waals surface area (Å²) in [7, 11) is 0. The summed E-state index contributed by atoms with van der Waals surface area (Å²) in [5.74, 6) is -1.88. The number of likely N-dealkylation sites (tertiary alicyclic amines) is 1. The molecule has 0 saturated carbocycles. The first kappa shape index (κ1) is 29.2. The van der Waals surface area contributed by atoms with E-state index in [4.69, 9.17) is 10.1 Å². The second-order valence-electron chi connectivity index (χ2n) is 11.1. The smallest absolute Gasteiger partial charge is 0.261 e. The number of aliphatic hydroxyl groups excluding tert-OH is 1. The summed E-state index contributed by atoms with van der Waals surface area (Å²) in [4.78, 5) is 25.8.